The van der Waals surface area contributed by atoms with Crippen molar-refractivity contribution in [2.75, 3.05) is 132 Å². The molecule has 0 aromatic carbocycles. The summed E-state index contributed by atoms with van der Waals surface area (Å²) in [5.74, 6) is 5.56. The summed E-state index contributed by atoms with van der Waals surface area (Å²) >= 11 is 0. The van der Waals surface area contributed by atoms with Gasteiger partial charge in [0, 0.05) is 168 Å². The topological polar surface area (TPSA) is 311 Å². The fraction of sp³-hybridized carbons (Fsp3) is 0.570. The molecule has 574 valence electrons. The zero-order valence-electron chi connectivity index (χ0n) is 63.2. The second kappa shape index (κ2) is 36.3. The Balaban J connectivity index is 0.000000142. The lowest BCUT2D eigenvalue weighted by atomic mass is 9.85. The van der Waals surface area contributed by atoms with Crippen molar-refractivity contribution in [3.63, 3.8) is 0 Å². The monoisotopic (exact) mass is 1470 g/mol. The van der Waals surface area contributed by atoms with Crippen molar-refractivity contribution in [3.05, 3.63) is 109 Å². The Morgan fingerprint density at radius 2 is 0.841 bits per heavy atom. The number of carbonyl (C=O) groups is 1. The fourth-order valence-electron chi connectivity index (χ4n) is 16.1. The van der Waals surface area contributed by atoms with Crippen molar-refractivity contribution < 1.29 is 43.8 Å². The number of hydrogen-bond acceptors (Lipinski definition) is 24. The van der Waals surface area contributed by atoms with Crippen LogP contribution in [-0.4, -0.2) is 228 Å². The minimum Gasteiger partial charge on any atom is -0.453 e. The maximum atomic E-state index is 11.9. The molecule has 0 bridgehead atoms. The molecule has 3 aliphatic heterocycles. The third-order valence-corrected chi connectivity index (χ3v) is 21.8. The van der Waals surface area contributed by atoms with Crippen molar-refractivity contribution in [1.82, 2.24) is 63.6 Å². The van der Waals surface area contributed by atoms with Gasteiger partial charge in [-0.1, -0.05) is 0 Å². The average molecular weight is 1470 g/mol. The first-order valence-electron chi connectivity index (χ1n) is 38.7. The summed E-state index contributed by atoms with van der Waals surface area (Å²) in [6, 6.07) is 20.0. The van der Waals surface area contributed by atoms with E-state index in [2.05, 4.69) is 115 Å². The van der Waals surface area contributed by atoms with Crippen LogP contribution in [0.15, 0.2) is 91.8 Å². The molecule has 3 saturated carbocycles. The van der Waals surface area contributed by atoms with E-state index in [1.165, 1.54) is 37.8 Å². The highest BCUT2D eigenvalue weighted by Crippen LogP contribution is 2.42. The Bertz CT molecular complexity index is 4340. The van der Waals surface area contributed by atoms with Gasteiger partial charge in [0.05, 0.1) is 80.4 Å². The number of amides is 1. The number of nitrogens with zero attached hydrogens (tertiary/aromatic N) is 15. The number of ether oxygens (including phenoxy) is 5. The highest BCUT2D eigenvalue weighted by molar-refractivity contribution is 5.85. The minimum atomic E-state index is -0.292. The van der Waals surface area contributed by atoms with Gasteiger partial charge >= 0.3 is 6.09 Å². The fourth-order valence-corrected chi connectivity index (χ4v) is 16.1. The third-order valence-electron chi connectivity index (χ3n) is 21.8. The van der Waals surface area contributed by atoms with Gasteiger partial charge in [-0.2, -0.15) is 0 Å². The Hall–Kier alpha value is -8.90. The van der Waals surface area contributed by atoms with Gasteiger partial charge in [0.1, 0.15) is 17.5 Å². The van der Waals surface area contributed by atoms with E-state index < -0.39 is 0 Å². The molecule has 6 fully saturated rings. The number of piperazine rings is 1. The lowest BCUT2D eigenvalue weighted by Crippen LogP contribution is -2.49. The van der Waals surface area contributed by atoms with Crippen LogP contribution in [0.5, 0.6) is 0 Å². The Morgan fingerprint density at radius 3 is 1.22 bits per heavy atom. The quantitative estimate of drug-likeness (QED) is 0.0332. The predicted octanol–water partition coefficient (Wildman–Crippen LogP) is 11.2. The molecule has 28 nitrogen and oxygen atoms in total. The second-order valence-corrected chi connectivity index (χ2v) is 29.9. The largest absolute Gasteiger partial charge is 0.453 e. The first kappa shape index (κ1) is 76.3. The molecule has 12 heterocycles. The SMILES string of the molecule is COC[C@H](C)Nc1ncc2c(-c3ccnc(N4CCCCC4)c3)cc(C3CCC(O)CC3)n2n1.COC[C@H](C)Nc1ncc2c(-c3ccnc(N4CCN(C(=O)OC)CC4)c3)cc(C3CCC(O)CC3)n2n1.COC[C@H](C)Nc1ncc2c(-c3ccnc(NC4CCOCC4)c3)cc(C3CCC(O)CC3)n2n1. The van der Waals surface area contributed by atoms with Crippen LogP contribution in [0.1, 0.15) is 165 Å². The number of pyridine rings is 3. The normalized spacial score (nSPS) is 21.8. The summed E-state index contributed by atoms with van der Waals surface area (Å²) < 4.78 is 32.2. The molecule has 0 spiro atoms. The van der Waals surface area contributed by atoms with E-state index in [4.69, 9.17) is 39.0 Å². The standard InChI is InChI=1S/C27H37N7O4.C26H36N6O3.C26H36N6O2/c1-18(17-37-2)30-26-29-16-24-22(15-23(34(24)31-26)19-4-6-21(35)7-5-19)20-8-9-28-25(14-20)32-10-12-33(13-11-32)27(36)38-3;1-17(16-34-2)29-26-28-15-24-22(14-23(32(24)31-26)18-3-5-21(33)6-4-18)19-7-10-27-25(13-19)30-20-8-11-35-12-9-20;1-18(17-34-2)29-26-28-16-24-22(15-23(32(24)30-26)19-6-8-21(33)9-7-19)20-10-11-27-25(14-20)31-12-4-3-5-13-31/h8-9,14-16,18-19,21,35H,4-7,10-13,17H2,1-3H3,(H,30,31);7,10,13-15,17-18,20-21,33H,3-6,8-9,11-12,16H2,1-2H3,(H,27,30)(H,29,31);10-11,14-16,18-19,21,33H,3-9,12-13,17H2,1-2H3,(H,29,30)/t18-,19?,21?;17-,18?,21?;18-,19?,21?/m000/s1. The van der Waals surface area contributed by atoms with E-state index in [9.17, 15) is 20.1 Å². The molecule has 9 aromatic heterocycles. The van der Waals surface area contributed by atoms with E-state index in [-0.39, 0.29) is 42.5 Å². The molecule has 0 radical (unpaired) electrons. The number of hydrogen-bond donors (Lipinski definition) is 7. The van der Waals surface area contributed by atoms with E-state index in [1.54, 1.807) is 26.2 Å². The van der Waals surface area contributed by atoms with Gasteiger partial charge in [-0.15, -0.1) is 15.3 Å². The number of anilines is 6. The number of fused-ring (bicyclic) bond motifs is 3. The molecule has 3 saturated heterocycles. The van der Waals surface area contributed by atoms with Gasteiger partial charge in [0.25, 0.3) is 0 Å². The molecular weight excluding hydrogens is 1360 g/mol. The number of rotatable bonds is 22. The number of piperidine rings is 1. The van der Waals surface area contributed by atoms with Gasteiger partial charge < -0.3 is 75.0 Å². The van der Waals surface area contributed by atoms with Crippen molar-refractivity contribution in [1.29, 1.82) is 0 Å². The molecule has 0 unspecified atom stereocenters. The molecule has 7 N–H and O–H groups in total. The molecule has 28 heteroatoms. The minimum absolute atomic E-state index is 0.0724. The third kappa shape index (κ3) is 19.0. The van der Waals surface area contributed by atoms with Crippen LogP contribution >= 0.6 is 0 Å². The molecule has 107 heavy (non-hydrogen) atoms. The Morgan fingerprint density at radius 1 is 0.467 bits per heavy atom. The molecular formula is C79H109N19O9. The molecule has 1 amide bonds. The number of aliphatic hydroxyl groups is 3. The first-order valence-corrected chi connectivity index (χ1v) is 38.7. The van der Waals surface area contributed by atoms with Crippen LogP contribution < -0.4 is 31.1 Å². The van der Waals surface area contributed by atoms with Crippen molar-refractivity contribution in [2.24, 2.45) is 0 Å². The highest BCUT2D eigenvalue weighted by Gasteiger charge is 2.31. The van der Waals surface area contributed by atoms with Gasteiger partial charge in [-0.05, 0) is 201 Å². The average Bonchev–Trinajstić information content (AvgIpc) is 1.63. The van der Waals surface area contributed by atoms with E-state index in [1.807, 2.05) is 72.2 Å². The number of methoxy groups -OCH3 is 4. The van der Waals surface area contributed by atoms with Gasteiger partial charge in [0.15, 0.2) is 0 Å². The van der Waals surface area contributed by atoms with E-state index >= 15 is 0 Å². The van der Waals surface area contributed by atoms with Crippen molar-refractivity contribution in [2.45, 2.75) is 190 Å². The second-order valence-electron chi connectivity index (χ2n) is 29.9. The molecule has 15 rings (SSSR count). The van der Waals surface area contributed by atoms with Crippen LogP contribution in [-0.2, 0) is 23.7 Å². The zero-order chi connectivity index (χ0) is 74.3. The summed E-state index contributed by atoms with van der Waals surface area (Å²) in [6.45, 7) is 14.1. The van der Waals surface area contributed by atoms with E-state index in [0.29, 0.717) is 87.6 Å². The molecule has 3 aliphatic carbocycles. The van der Waals surface area contributed by atoms with Gasteiger partial charge in [0.2, 0.25) is 17.8 Å². The van der Waals surface area contributed by atoms with Gasteiger partial charge in [-0.3, -0.25) is 0 Å². The summed E-state index contributed by atoms with van der Waals surface area (Å²) in [7, 11) is 6.48. The van der Waals surface area contributed by atoms with Gasteiger partial charge in [-0.25, -0.2) is 48.2 Å². The summed E-state index contributed by atoms with van der Waals surface area (Å²) in [6.07, 6.45) is 26.7. The van der Waals surface area contributed by atoms with Crippen LogP contribution in [0.25, 0.3) is 49.9 Å². The number of nitrogens with one attached hydrogen (secondary N) is 4. The van der Waals surface area contributed by atoms with Crippen LogP contribution in [0.2, 0.25) is 0 Å². The summed E-state index contributed by atoms with van der Waals surface area (Å²) in [5.41, 5.74) is 13.0. The number of aromatic nitrogens is 12. The summed E-state index contributed by atoms with van der Waals surface area (Å²) in [4.78, 5) is 45.9. The smallest absolute Gasteiger partial charge is 0.409 e. The number of carbonyl (C=O) groups excluding carboxylic acids is 1. The van der Waals surface area contributed by atoms with Crippen LogP contribution in [0.3, 0.4) is 0 Å². The first-order chi connectivity index (χ1) is 52.2. The Labute approximate surface area is 626 Å². The van der Waals surface area contributed by atoms with Crippen molar-refractivity contribution in [3.8, 4) is 33.4 Å². The van der Waals surface area contributed by atoms with Crippen LogP contribution in [0, 0.1) is 0 Å². The maximum absolute atomic E-state index is 11.9. The maximum Gasteiger partial charge on any atom is 0.409 e. The van der Waals surface area contributed by atoms with Crippen molar-refractivity contribution >= 4 is 57.9 Å². The lowest BCUT2D eigenvalue weighted by molar-refractivity contribution is 0.0904. The lowest BCUT2D eigenvalue weighted by Gasteiger charge is -2.34. The zero-order valence-corrected chi connectivity index (χ0v) is 63.2. The molecule has 9 aromatic rings. The summed E-state index contributed by atoms with van der Waals surface area (Å²) in [5, 5.41) is 58.5. The predicted molar refractivity (Wildman–Crippen MR) is 415 cm³/mol. The molecule has 6 aliphatic rings. The Kier molecular flexibility index (Phi) is 25.9. The van der Waals surface area contributed by atoms with Crippen LogP contribution in [0.4, 0.5) is 40.1 Å². The number of aliphatic hydroxyl groups excluding tert-OH is 3. The highest BCUT2D eigenvalue weighted by atomic mass is 16.5. The van der Waals surface area contributed by atoms with E-state index in [0.717, 1.165) is 189 Å². The molecule has 3 atom stereocenters.